The summed E-state index contributed by atoms with van der Waals surface area (Å²) < 4.78 is 5.47. The summed E-state index contributed by atoms with van der Waals surface area (Å²) in [6.07, 6.45) is 2.62. The second kappa shape index (κ2) is 3.36. The van der Waals surface area contributed by atoms with Crippen molar-refractivity contribution in [2.45, 2.75) is 27.2 Å². The molecular formula is C13H17NO2. The van der Waals surface area contributed by atoms with Gasteiger partial charge in [0.05, 0.1) is 24.9 Å². The average molecular weight is 219 g/mol. The Morgan fingerprint density at radius 3 is 2.75 bits per heavy atom. The molecule has 1 aliphatic carbocycles. The van der Waals surface area contributed by atoms with E-state index in [2.05, 4.69) is 13.0 Å². The summed E-state index contributed by atoms with van der Waals surface area (Å²) in [4.78, 5) is 0. The quantitative estimate of drug-likeness (QED) is 0.637. The van der Waals surface area contributed by atoms with Crippen molar-refractivity contribution >= 4 is 0 Å². The lowest BCUT2D eigenvalue weighted by Gasteiger charge is -2.46. The van der Waals surface area contributed by atoms with Gasteiger partial charge in [0.25, 0.3) is 0 Å². The fraction of sp³-hybridized carbons (Fsp3) is 0.615. The van der Waals surface area contributed by atoms with Gasteiger partial charge in [-0.1, -0.05) is 18.6 Å². The fourth-order valence-corrected chi connectivity index (χ4v) is 2.98. The highest BCUT2D eigenvalue weighted by molar-refractivity contribution is 5.43. The molecule has 0 aromatic rings. The van der Waals surface area contributed by atoms with Crippen molar-refractivity contribution in [3.05, 3.63) is 23.0 Å². The summed E-state index contributed by atoms with van der Waals surface area (Å²) in [5.74, 6) is 0.223. The van der Waals surface area contributed by atoms with Gasteiger partial charge in [-0.05, 0) is 20.3 Å². The molecule has 16 heavy (non-hydrogen) atoms. The van der Waals surface area contributed by atoms with E-state index in [1.807, 2.05) is 19.9 Å². The zero-order valence-corrected chi connectivity index (χ0v) is 10.0. The Morgan fingerprint density at radius 2 is 2.12 bits per heavy atom. The first-order valence-electron chi connectivity index (χ1n) is 5.53. The van der Waals surface area contributed by atoms with Gasteiger partial charge in [0.1, 0.15) is 5.76 Å². The minimum absolute atomic E-state index is 0.140. The lowest BCUT2D eigenvalue weighted by Crippen LogP contribution is -2.41. The second-order valence-corrected chi connectivity index (χ2v) is 5.43. The maximum absolute atomic E-state index is 10.1. The first-order valence-corrected chi connectivity index (χ1v) is 5.53. The van der Waals surface area contributed by atoms with Crippen LogP contribution in [0.2, 0.25) is 0 Å². The third-order valence-corrected chi connectivity index (χ3v) is 3.73. The standard InChI is InChI=1S/C13H17NO2/c1-12(2)10-4-5-16-8-13(10,3)6-9(7-14)11(12)15/h4,15H,5-6,8H2,1-3H3/t13-/m1/s1. The zero-order valence-electron chi connectivity index (χ0n) is 10.0. The largest absolute Gasteiger partial charge is 0.510 e. The fourth-order valence-electron chi connectivity index (χ4n) is 2.98. The molecule has 1 heterocycles. The molecule has 3 heteroatoms. The highest BCUT2D eigenvalue weighted by atomic mass is 16.5. The number of hydrogen-bond donors (Lipinski definition) is 1. The van der Waals surface area contributed by atoms with E-state index in [9.17, 15) is 5.11 Å². The number of nitrogens with zero attached hydrogens (tertiary/aromatic N) is 1. The molecule has 0 saturated heterocycles. The van der Waals surface area contributed by atoms with E-state index in [0.717, 1.165) is 0 Å². The number of ether oxygens (including phenoxy) is 1. The molecule has 0 amide bonds. The van der Waals surface area contributed by atoms with E-state index in [0.29, 0.717) is 25.2 Å². The number of rotatable bonds is 0. The van der Waals surface area contributed by atoms with E-state index in [4.69, 9.17) is 10.00 Å². The first kappa shape index (κ1) is 11.2. The molecule has 0 bridgehead atoms. The third-order valence-electron chi connectivity index (χ3n) is 3.73. The van der Waals surface area contributed by atoms with Gasteiger partial charge < -0.3 is 9.84 Å². The molecule has 0 spiro atoms. The summed E-state index contributed by atoms with van der Waals surface area (Å²) in [7, 11) is 0. The number of hydrogen-bond acceptors (Lipinski definition) is 3. The molecule has 0 radical (unpaired) electrons. The molecule has 2 rings (SSSR count). The van der Waals surface area contributed by atoms with Crippen molar-refractivity contribution in [2.75, 3.05) is 13.2 Å². The van der Waals surface area contributed by atoms with Gasteiger partial charge in [-0.15, -0.1) is 0 Å². The van der Waals surface area contributed by atoms with Gasteiger partial charge in [0.15, 0.2) is 0 Å². The molecule has 1 N–H and O–H groups in total. The number of aliphatic hydroxyl groups excluding tert-OH is 1. The third kappa shape index (κ3) is 1.37. The maximum atomic E-state index is 10.1. The molecule has 1 aliphatic heterocycles. The molecule has 0 aromatic carbocycles. The van der Waals surface area contributed by atoms with E-state index < -0.39 is 5.41 Å². The van der Waals surface area contributed by atoms with Gasteiger partial charge in [-0.25, -0.2) is 0 Å². The Kier molecular flexibility index (Phi) is 2.36. The molecular weight excluding hydrogens is 202 g/mol. The summed E-state index contributed by atoms with van der Waals surface area (Å²) in [6, 6.07) is 2.11. The van der Waals surface area contributed by atoms with E-state index in [1.165, 1.54) is 5.57 Å². The van der Waals surface area contributed by atoms with Crippen LogP contribution in [0.5, 0.6) is 0 Å². The van der Waals surface area contributed by atoms with Crippen molar-refractivity contribution in [1.82, 2.24) is 0 Å². The molecule has 0 fully saturated rings. The van der Waals surface area contributed by atoms with E-state index in [1.54, 1.807) is 0 Å². The molecule has 3 nitrogen and oxygen atoms in total. The van der Waals surface area contributed by atoms with Crippen LogP contribution in [0.4, 0.5) is 0 Å². The molecule has 86 valence electrons. The number of fused-ring (bicyclic) bond motifs is 1. The minimum atomic E-state index is -0.443. The Morgan fingerprint density at radius 1 is 1.44 bits per heavy atom. The molecule has 2 aliphatic rings. The highest BCUT2D eigenvalue weighted by Gasteiger charge is 2.47. The van der Waals surface area contributed by atoms with Crippen molar-refractivity contribution < 1.29 is 9.84 Å². The summed E-state index contributed by atoms with van der Waals surface area (Å²) in [5, 5.41) is 19.2. The van der Waals surface area contributed by atoms with Crippen LogP contribution in [0.1, 0.15) is 27.2 Å². The summed E-state index contributed by atoms with van der Waals surface area (Å²) in [6.45, 7) is 7.26. The van der Waals surface area contributed by atoms with Crippen molar-refractivity contribution in [2.24, 2.45) is 10.8 Å². The van der Waals surface area contributed by atoms with Crippen LogP contribution in [0.15, 0.2) is 23.0 Å². The molecule has 1 atom stereocenters. The van der Waals surface area contributed by atoms with Crippen LogP contribution in [-0.2, 0) is 4.74 Å². The SMILES string of the molecule is CC1(C)C2=CCOC[C@@]2(C)CC(C#N)=C1O. The van der Waals surface area contributed by atoms with Crippen molar-refractivity contribution in [3.8, 4) is 6.07 Å². The predicted octanol–water partition coefficient (Wildman–Crippen LogP) is 2.71. The van der Waals surface area contributed by atoms with Gasteiger partial charge in [0, 0.05) is 10.8 Å². The Labute approximate surface area is 96.0 Å². The number of nitriles is 1. The minimum Gasteiger partial charge on any atom is -0.510 e. The van der Waals surface area contributed by atoms with Gasteiger partial charge in [-0.2, -0.15) is 5.26 Å². The number of aliphatic hydroxyl groups is 1. The summed E-state index contributed by atoms with van der Waals surface area (Å²) in [5.41, 5.74) is 1.11. The zero-order chi connectivity index (χ0) is 12.0. The normalized spacial score (nSPS) is 32.8. The molecule has 0 unspecified atom stereocenters. The Hall–Kier alpha value is -1.27. The predicted molar refractivity (Wildman–Crippen MR) is 60.7 cm³/mol. The topological polar surface area (TPSA) is 53.2 Å². The average Bonchev–Trinajstić information content (AvgIpc) is 2.24. The van der Waals surface area contributed by atoms with Crippen LogP contribution in [0.25, 0.3) is 0 Å². The van der Waals surface area contributed by atoms with E-state index >= 15 is 0 Å². The van der Waals surface area contributed by atoms with Gasteiger partial charge in [-0.3, -0.25) is 0 Å². The molecule has 0 aromatic heterocycles. The second-order valence-electron chi connectivity index (χ2n) is 5.43. The van der Waals surface area contributed by atoms with Crippen LogP contribution in [-0.4, -0.2) is 18.3 Å². The molecule has 0 saturated carbocycles. The summed E-state index contributed by atoms with van der Waals surface area (Å²) >= 11 is 0. The first-order chi connectivity index (χ1) is 7.42. The van der Waals surface area contributed by atoms with Crippen LogP contribution >= 0.6 is 0 Å². The monoisotopic (exact) mass is 219 g/mol. The Bertz CT molecular complexity index is 426. The van der Waals surface area contributed by atoms with E-state index in [-0.39, 0.29) is 11.2 Å². The van der Waals surface area contributed by atoms with Gasteiger partial charge >= 0.3 is 0 Å². The van der Waals surface area contributed by atoms with Crippen LogP contribution in [0, 0.1) is 22.2 Å². The Balaban J connectivity index is 2.59. The van der Waals surface area contributed by atoms with Crippen molar-refractivity contribution in [1.29, 1.82) is 5.26 Å². The lowest BCUT2D eigenvalue weighted by atomic mass is 9.60. The van der Waals surface area contributed by atoms with Gasteiger partial charge in [0.2, 0.25) is 0 Å². The van der Waals surface area contributed by atoms with Crippen molar-refractivity contribution in [3.63, 3.8) is 0 Å². The van der Waals surface area contributed by atoms with Crippen LogP contribution < -0.4 is 0 Å². The lowest BCUT2D eigenvalue weighted by molar-refractivity contribution is 0.0501. The van der Waals surface area contributed by atoms with Crippen LogP contribution in [0.3, 0.4) is 0 Å². The highest BCUT2D eigenvalue weighted by Crippen LogP contribution is 2.53. The smallest absolute Gasteiger partial charge is 0.116 e. The number of allylic oxidation sites excluding steroid dienone is 2. The maximum Gasteiger partial charge on any atom is 0.116 e.